The summed E-state index contributed by atoms with van der Waals surface area (Å²) in [5.41, 5.74) is 0. The Morgan fingerprint density at radius 3 is 2.80 bits per heavy atom. The summed E-state index contributed by atoms with van der Waals surface area (Å²) >= 11 is 1.99. The molecule has 1 N–H and O–H groups in total. The van der Waals surface area contributed by atoms with Crippen molar-refractivity contribution in [3.05, 3.63) is 10.7 Å². The van der Waals surface area contributed by atoms with Crippen LogP contribution in [0, 0.1) is 11.8 Å². The molecule has 15 heavy (non-hydrogen) atoms. The molecule has 0 aromatic rings. The molecule has 3 heteroatoms. The molecular weight excluding hydrogens is 206 g/mol. The van der Waals surface area contributed by atoms with Crippen LogP contribution in [-0.4, -0.2) is 24.4 Å². The van der Waals surface area contributed by atoms with Gasteiger partial charge in [-0.25, -0.2) is 0 Å². The van der Waals surface area contributed by atoms with Gasteiger partial charge in [-0.05, 0) is 12.8 Å². The lowest BCUT2D eigenvalue weighted by molar-refractivity contribution is 0.103. The topological polar surface area (TPSA) is 21.3 Å². The highest BCUT2D eigenvalue weighted by Gasteiger charge is 2.37. The summed E-state index contributed by atoms with van der Waals surface area (Å²) in [4.78, 5) is 1.44. The van der Waals surface area contributed by atoms with Crippen molar-refractivity contribution in [2.45, 2.75) is 39.0 Å². The van der Waals surface area contributed by atoms with Crippen LogP contribution in [0.1, 0.15) is 27.7 Å². The number of hydrogen-bond donors (Lipinski definition) is 1. The van der Waals surface area contributed by atoms with Gasteiger partial charge in [0.2, 0.25) is 0 Å². The van der Waals surface area contributed by atoms with Crippen molar-refractivity contribution >= 4 is 11.8 Å². The predicted molar refractivity (Wildman–Crippen MR) is 65.8 cm³/mol. The normalized spacial score (nSPS) is 36.5. The maximum Gasteiger partial charge on any atom is 0.112 e. The summed E-state index contributed by atoms with van der Waals surface area (Å²) in [6.45, 7) is 11.0. The number of hydrogen-bond acceptors (Lipinski definition) is 3. The third-order valence-electron chi connectivity index (χ3n) is 3.18. The molecule has 2 unspecified atom stereocenters. The first-order valence-electron chi connectivity index (χ1n) is 5.86. The van der Waals surface area contributed by atoms with Gasteiger partial charge in [-0.2, -0.15) is 0 Å². The zero-order valence-electron chi connectivity index (χ0n) is 10.0. The quantitative estimate of drug-likeness (QED) is 0.744. The van der Waals surface area contributed by atoms with E-state index in [1.54, 1.807) is 0 Å². The standard InChI is InChI=1S/C12H21NOS/c1-7(2)11-9(4)15-10-6-13-5-8(3)14-12(10)11/h7-9,11,13H,5-6H2,1-4H3/t8-,9?,11?/m0/s1. The van der Waals surface area contributed by atoms with E-state index in [2.05, 4.69) is 33.0 Å². The smallest absolute Gasteiger partial charge is 0.112 e. The lowest BCUT2D eigenvalue weighted by atomic mass is 9.91. The molecule has 2 heterocycles. The Morgan fingerprint density at radius 1 is 1.40 bits per heavy atom. The third-order valence-corrected chi connectivity index (χ3v) is 4.47. The molecule has 2 rings (SSSR count). The fourth-order valence-corrected chi connectivity index (χ4v) is 4.04. The zero-order valence-corrected chi connectivity index (χ0v) is 10.9. The first-order valence-corrected chi connectivity index (χ1v) is 6.74. The van der Waals surface area contributed by atoms with Crippen LogP contribution in [0.25, 0.3) is 0 Å². The van der Waals surface area contributed by atoms with Gasteiger partial charge in [-0.15, -0.1) is 11.8 Å². The van der Waals surface area contributed by atoms with Crippen molar-refractivity contribution in [3.63, 3.8) is 0 Å². The zero-order chi connectivity index (χ0) is 11.0. The summed E-state index contributed by atoms with van der Waals surface area (Å²) < 4.78 is 6.08. The second-order valence-corrected chi connectivity index (χ2v) is 6.41. The second kappa shape index (κ2) is 4.38. The van der Waals surface area contributed by atoms with Gasteiger partial charge in [0.1, 0.15) is 11.9 Å². The van der Waals surface area contributed by atoms with Crippen LogP contribution in [0.15, 0.2) is 10.7 Å². The average molecular weight is 227 g/mol. The lowest BCUT2D eigenvalue weighted by Gasteiger charge is -2.25. The Balaban J connectivity index is 2.22. The molecule has 0 saturated carbocycles. The Morgan fingerprint density at radius 2 is 2.13 bits per heavy atom. The minimum Gasteiger partial charge on any atom is -0.493 e. The SMILES string of the molecule is CC(C)C1C2=C(CNC[C@H](C)O2)SC1C. The van der Waals surface area contributed by atoms with Crippen molar-refractivity contribution in [2.24, 2.45) is 11.8 Å². The van der Waals surface area contributed by atoms with E-state index in [1.807, 2.05) is 11.8 Å². The molecule has 2 aliphatic rings. The van der Waals surface area contributed by atoms with Gasteiger partial charge >= 0.3 is 0 Å². The largest absolute Gasteiger partial charge is 0.493 e. The second-order valence-electron chi connectivity index (χ2n) is 4.94. The molecule has 86 valence electrons. The molecule has 0 saturated heterocycles. The van der Waals surface area contributed by atoms with Gasteiger partial charge in [0.05, 0.1) is 0 Å². The highest BCUT2D eigenvalue weighted by Crippen LogP contribution is 2.46. The molecule has 2 nitrogen and oxygen atoms in total. The highest BCUT2D eigenvalue weighted by atomic mass is 32.2. The van der Waals surface area contributed by atoms with Crippen molar-refractivity contribution in [1.82, 2.24) is 5.32 Å². The number of thioether (sulfide) groups is 1. The van der Waals surface area contributed by atoms with Crippen molar-refractivity contribution in [3.8, 4) is 0 Å². The highest BCUT2D eigenvalue weighted by molar-refractivity contribution is 8.04. The monoisotopic (exact) mass is 227 g/mol. The van der Waals surface area contributed by atoms with Crippen molar-refractivity contribution in [1.29, 1.82) is 0 Å². The Bertz CT molecular complexity index is 275. The number of ether oxygens (including phenoxy) is 1. The molecule has 2 aliphatic heterocycles. The van der Waals surface area contributed by atoms with Crippen LogP contribution in [0.5, 0.6) is 0 Å². The first kappa shape index (κ1) is 11.3. The van der Waals surface area contributed by atoms with E-state index in [0.29, 0.717) is 23.2 Å². The molecule has 0 aromatic heterocycles. The average Bonchev–Trinajstić information content (AvgIpc) is 2.32. The van der Waals surface area contributed by atoms with Gasteiger partial charge in [-0.1, -0.05) is 20.8 Å². The minimum absolute atomic E-state index is 0.310. The minimum atomic E-state index is 0.310. The number of nitrogens with one attached hydrogen (secondary N) is 1. The van der Waals surface area contributed by atoms with Crippen LogP contribution in [0.2, 0.25) is 0 Å². The summed E-state index contributed by atoms with van der Waals surface area (Å²) in [5, 5.41) is 4.11. The molecule has 3 atom stereocenters. The van der Waals surface area contributed by atoms with E-state index in [-0.39, 0.29) is 0 Å². The Labute approximate surface area is 96.8 Å². The van der Waals surface area contributed by atoms with Crippen LogP contribution < -0.4 is 5.32 Å². The van der Waals surface area contributed by atoms with E-state index in [1.165, 1.54) is 10.7 Å². The summed E-state index contributed by atoms with van der Waals surface area (Å²) in [6.07, 6.45) is 0.310. The number of allylic oxidation sites excluding steroid dienone is 1. The van der Waals surface area contributed by atoms with Crippen LogP contribution in [0.3, 0.4) is 0 Å². The fourth-order valence-electron chi connectivity index (χ4n) is 2.52. The van der Waals surface area contributed by atoms with Crippen molar-refractivity contribution in [2.75, 3.05) is 13.1 Å². The molecule has 0 aromatic carbocycles. The van der Waals surface area contributed by atoms with E-state index >= 15 is 0 Å². The fraction of sp³-hybridized carbons (Fsp3) is 0.833. The maximum atomic E-state index is 6.08. The van der Waals surface area contributed by atoms with E-state index in [4.69, 9.17) is 4.74 Å². The molecule has 0 amide bonds. The summed E-state index contributed by atoms with van der Waals surface area (Å²) in [6, 6.07) is 0. The Hall–Kier alpha value is -0.150. The molecule has 0 aliphatic carbocycles. The molecular formula is C12H21NOS. The van der Waals surface area contributed by atoms with E-state index in [0.717, 1.165) is 13.1 Å². The summed E-state index contributed by atoms with van der Waals surface area (Å²) in [5.74, 6) is 2.55. The van der Waals surface area contributed by atoms with Crippen LogP contribution >= 0.6 is 11.8 Å². The van der Waals surface area contributed by atoms with Gasteiger partial charge in [0.25, 0.3) is 0 Å². The third kappa shape index (κ3) is 2.18. The first-order chi connectivity index (χ1) is 7.09. The number of rotatable bonds is 1. The lowest BCUT2D eigenvalue weighted by Crippen LogP contribution is -2.27. The van der Waals surface area contributed by atoms with Gasteiger partial charge < -0.3 is 10.1 Å². The predicted octanol–water partition coefficient (Wildman–Crippen LogP) is 2.61. The van der Waals surface area contributed by atoms with Crippen LogP contribution in [-0.2, 0) is 4.74 Å². The van der Waals surface area contributed by atoms with E-state index < -0.39 is 0 Å². The summed E-state index contributed by atoms with van der Waals surface area (Å²) in [7, 11) is 0. The Kier molecular flexibility index (Phi) is 3.31. The van der Waals surface area contributed by atoms with Crippen molar-refractivity contribution < 1.29 is 4.74 Å². The molecule has 0 spiro atoms. The molecule has 0 bridgehead atoms. The van der Waals surface area contributed by atoms with Gasteiger partial charge in [0.15, 0.2) is 0 Å². The van der Waals surface area contributed by atoms with E-state index in [9.17, 15) is 0 Å². The van der Waals surface area contributed by atoms with Gasteiger partial charge in [-0.3, -0.25) is 0 Å². The molecule has 0 fully saturated rings. The van der Waals surface area contributed by atoms with Crippen LogP contribution in [0.4, 0.5) is 0 Å². The van der Waals surface area contributed by atoms with Gasteiger partial charge in [0, 0.05) is 29.2 Å². The molecule has 0 radical (unpaired) electrons. The maximum absolute atomic E-state index is 6.08.